The number of benzene rings is 1. The molecule has 0 aliphatic carbocycles. The lowest BCUT2D eigenvalue weighted by Crippen LogP contribution is -2.23. The molecule has 0 bridgehead atoms. The van der Waals surface area contributed by atoms with Crippen LogP contribution in [0.25, 0.3) is 11.0 Å². The predicted octanol–water partition coefficient (Wildman–Crippen LogP) is 1.48. The molecule has 0 saturated heterocycles. The Morgan fingerprint density at radius 3 is 2.81 bits per heavy atom. The van der Waals surface area contributed by atoms with Gasteiger partial charge < -0.3 is 9.30 Å². The smallest absolute Gasteiger partial charge is 0.338 e. The molecule has 0 aliphatic rings. The van der Waals surface area contributed by atoms with Crippen molar-refractivity contribution >= 4 is 17.0 Å². The van der Waals surface area contributed by atoms with E-state index in [0.29, 0.717) is 41.2 Å². The molecule has 0 aliphatic heterocycles. The van der Waals surface area contributed by atoms with Crippen molar-refractivity contribution in [1.82, 2.24) is 29.8 Å². The van der Waals surface area contributed by atoms with Crippen LogP contribution < -0.4 is 5.56 Å². The zero-order valence-corrected chi connectivity index (χ0v) is 15.0. The summed E-state index contributed by atoms with van der Waals surface area (Å²) in [6, 6.07) is 4.97. The minimum Gasteiger partial charge on any atom is -0.454 e. The fourth-order valence-electron chi connectivity index (χ4n) is 2.74. The highest BCUT2D eigenvalue weighted by atomic mass is 16.5. The minimum absolute atomic E-state index is 0.00914. The molecule has 0 saturated carbocycles. The number of hydrogen-bond donors (Lipinski definition) is 0. The van der Waals surface area contributed by atoms with E-state index in [1.165, 1.54) is 0 Å². The summed E-state index contributed by atoms with van der Waals surface area (Å²) in [4.78, 5) is 28.8. The van der Waals surface area contributed by atoms with Gasteiger partial charge >= 0.3 is 5.97 Å². The van der Waals surface area contributed by atoms with Crippen LogP contribution in [0, 0.1) is 6.92 Å². The van der Waals surface area contributed by atoms with Crippen molar-refractivity contribution < 1.29 is 9.53 Å². The van der Waals surface area contributed by atoms with Crippen molar-refractivity contribution in [2.45, 2.75) is 46.9 Å². The summed E-state index contributed by atoms with van der Waals surface area (Å²) in [6.07, 6.45) is 0.876. The van der Waals surface area contributed by atoms with Gasteiger partial charge in [-0.3, -0.25) is 4.79 Å². The third-order valence-corrected chi connectivity index (χ3v) is 4.03. The van der Waals surface area contributed by atoms with Gasteiger partial charge in [0, 0.05) is 13.1 Å². The van der Waals surface area contributed by atoms with Gasteiger partial charge in [-0.15, -0.1) is 5.10 Å². The largest absolute Gasteiger partial charge is 0.454 e. The zero-order chi connectivity index (χ0) is 18.7. The van der Waals surface area contributed by atoms with Crippen LogP contribution in [0.2, 0.25) is 0 Å². The highest BCUT2D eigenvalue weighted by molar-refractivity contribution is 5.93. The van der Waals surface area contributed by atoms with Gasteiger partial charge in [-0.25, -0.2) is 14.5 Å². The quantitative estimate of drug-likeness (QED) is 0.616. The van der Waals surface area contributed by atoms with Gasteiger partial charge in [-0.2, -0.15) is 0 Å². The zero-order valence-electron chi connectivity index (χ0n) is 15.0. The van der Waals surface area contributed by atoms with E-state index in [0.717, 1.165) is 6.42 Å². The molecule has 0 amide bonds. The first-order valence-corrected chi connectivity index (χ1v) is 8.48. The number of aryl methyl sites for hydroxylation is 3. The number of nitrogens with zero attached hydrogens (tertiary/aromatic N) is 6. The number of hydrogen-bond acceptors (Lipinski definition) is 7. The molecular weight excluding hydrogens is 336 g/mol. The van der Waals surface area contributed by atoms with Gasteiger partial charge in [0.2, 0.25) is 0 Å². The Labute approximate surface area is 149 Å². The number of carbonyl (C=O) groups excluding carboxylic acids is 1. The Balaban J connectivity index is 1.83. The first kappa shape index (κ1) is 17.7. The van der Waals surface area contributed by atoms with Gasteiger partial charge in [0.15, 0.2) is 12.4 Å². The Kier molecular flexibility index (Phi) is 5.06. The highest BCUT2D eigenvalue weighted by Crippen LogP contribution is 2.15. The average Bonchev–Trinajstić information content (AvgIpc) is 3.08. The molecule has 9 nitrogen and oxygen atoms in total. The molecule has 2 heterocycles. The number of esters is 1. The van der Waals surface area contributed by atoms with E-state index >= 15 is 0 Å². The molecule has 0 unspecified atom stereocenters. The number of ether oxygens (including phenoxy) is 1. The van der Waals surface area contributed by atoms with Crippen LogP contribution >= 0.6 is 0 Å². The molecule has 0 radical (unpaired) electrons. The molecule has 0 atom stereocenters. The summed E-state index contributed by atoms with van der Waals surface area (Å²) in [5.41, 5.74) is 1.89. The van der Waals surface area contributed by atoms with Crippen molar-refractivity contribution in [2.75, 3.05) is 0 Å². The van der Waals surface area contributed by atoms with Crippen LogP contribution in [0.5, 0.6) is 0 Å². The second kappa shape index (κ2) is 7.42. The minimum atomic E-state index is -0.494. The van der Waals surface area contributed by atoms with Crippen LogP contribution in [0.15, 0.2) is 23.0 Å². The lowest BCUT2D eigenvalue weighted by Gasteiger charge is -2.10. The summed E-state index contributed by atoms with van der Waals surface area (Å²) < 4.78 is 8.56. The van der Waals surface area contributed by atoms with Crippen LogP contribution in [-0.2, 0) is 24.4 Å². The monoisotopic (exact) mass is 356 g/mol. The van der Waals surface area contributed by atoms with Crippen LogP contribution in [0.1, 0.15) is 42.1 Å². The van der Waals surface area contributed by atoms with Gasteiger partial charge in [0.25, 0.3) is 5.56 Å². The van der Waals surface area contributed by atoms with Crippen LogP contribution in [-0.4, -0.2) is 35.7 Å². The summed E-state index contributed by atoms with van der Waals surface area (Å²) in [6.45, 7) is 6.74. The second-order valence-electron chi connectivity index (χ2n) is 5.84. The number of tetrazole rings is 1. The van der Waals surface area contributed by atoms with Crippen molar-refractivity contribution in [2.24, 2.45) is 0 Å². The summed E-state index contributed by atoms with van der Waals surface area (Å²) in [7, 11) is 0. The molecule has 1 aromatic carbocycles. The first-order valence-electron chi connectivity index (χ1n) is 8.48. The second-order valence-corrected chi connectivity index (χ2v) is 5.84. The summed E-state index contributed by atoms with van der Waals surface area (Å²) in [5.74, 6) is 0.00132. The Morgan fingerprint density at radius 1 is 1.27 bits per heavy atom. The third kappa shape index (κ3) is 3.32. The SMILES string of the molecule is CCCn1nnnc1COC(=O)c1ccc2c(c1)nc(C)c(=O)n2CC. The molecule has 0 spiro atoms. The number of fused-ring (bicyclic) bond motifs is 1. The highest BCUT2D eigenvalue weighted by Gasteiger charge is 2.14. The molecule has 26 heavy (non-hydrogen) atoms. The topological polar surface area (TPSA) is 105 Å². The van der Waals surface area contributed by atoms with Gasteiger partial charge in [0.1, 0.15) is 5.69 Å². The van der Waals surface area contributed by atoms with Crippen LogP contribution in [0.4, 0.5) is 0 Å². The van der Waals surface area contributed by atoms with Gasteiger partial charge in [-0.05, 0) is 48.9 Å². The number of carbonyl (C=O) groups is 1. The Hall–Kier alpha value is -3.10. The van der Waals surface area contributed by atoms with Crippen LogP contribution in [0.3, 0.4) is 0 Å². The summed E-state index contributed by atoms with van der Waals surface area (Å²) in [5, 5.41) is 11.3. The van der Waals surface area contributed by atoms with E-state index in [1.54, 1.807) is 34.4 Å². The van der Waals surface area contributed by atoms with Crippen molar-refractivity contribution in [3.8, 4) is 0 Å². The lowest BCUT2D eigenvalue weighted by molar-refractivity contribution is 0.0456. The van der Waals surface area contributed by atoms with E-state index < -0.39 is 5.97 Å². The third-order valence-electron chi connectivity index (χ3n) is 4.03. The van der Waals surface area contributed by atoms with Crippen molar-refractivity contribution in [3.63, 3.8) is 0 Å². The maximum absolute atomic E-state index is 12.4. The molecule has 0 N–H and O–H groups in total. The van der Waals surface area contributed by atoms with E-state index in [9.17, 15) is 9.59 Å². The number of aromatic nitrogens is 6. The number of rotatable bonds is 6. The molecule has 0 fully saturated rings. The fraction of sp³-hybridized carbons (Fsp3) is 0.412. The lowest BCUT2D eigenvalue weighted by atomic mass is 10.2. The maximum atomic E-state index is 12.4. The molecule has 9 heteroatoms. The fourth-order valence-corrected chi connectivity index (χ4v) is 2.74. The maximum Gasteiger partial charge on any atom is 0.338 e. The van der Waals surface area contributed by atoms with Crippen molar-refractivity contribution in [1.29, 1.82) is 0 Å². The predicted molar refractivity (Wildman–Crippen MR) is 93.6 cm³/mol. The molecule has 3 aromatic rings. The average molecular weight is 356 g/mol. The normalized spacial score (nSPS) is 11.0. The Bertz CT molecular complexity index is 1010. The molecule has 136 valence electrons. The van der Waals surface area contributed by atoms with E-state index in [4.69, 9.17) is 4.74 Å². The van der Waals surface area contributed by atoms with E-state index in [2.05, 4.69) is 20.5 Å². The summed E-state index contributed by atoms with van der Waals surface area (Å²) >= 11 is 0. The molecular formula is C17H20N6O3. The van der Waals surface area contributed by atoms with Gasteiger partial charge in [-0.1, -0.05) is 6.92 Å². The van der Waals surface area contributed by atoms with Gasteiger partial charge in [0.05, 0.1) is 16.6 Å². The van der Waals surface area contributed by atoms with Crippen molar-refractivity contribution in [3.05, 3.63) is 45.6 Å². The standard InChI is InChI=1S/C17H20N6O3/c1-4-8-23-15(19-20-21-23)10-26-17(25)12-6-7-14-13(9-12)18-11(3)16(24)22(14)5-2/h6-7,9H,4-5,8,10H2,1-3H3. The van der Waals surface area contributed by atoms with E-state index in [1.807, 2.05) is 13.8 Å². The molecule has 3 rings (SSSR count). The van der Waals surface area contributed by atoms with E-state index in [-0.39, 0.29) is 12.2 Å². The Morgan fingerprint density at radius 2 is 2.08 bits per heavy atom. The first-order chi connectivity index (χ1) is 12.5. The molecule has 2 aromatic heterocycles.